The van der Waals surface area contributed by atoms with Gasteiger partial charge >= 0.3 is 11.9 Å². The third kappa shape index (κ3) is 5.20. The van der Waals surface area contributed by atoms with Gasteiger partial charge < -0.3 is 23.9 Å². The summed E-state index contributed by atoms with van der Waals surface area (Å²) >= 11 is 0. The van der Waals surface area contributed by atoms with E-state index in [1.165, 1.54) is 13.2 Å². The molecule has 0 bridgehead atoms. The van der Waals surface area contributed by atoms with Crippen LogP contribution in [0.5, 0.6) is 11.5 Å². The maximum absolute atomic E-state index is 12.6. The van der Waals surface area contributed by atoms with Crippen LogP contribution in [0.1, 0.15) is 63.2 Å². The molecule has 2 rings (SSSR count). The lowest BCUT2D eigenvalue weighted by atomic mass is 10.1. The van der Waals surface area contributed by atoms with E-state index in [9.17, 15) is 14.4 Å². The van der Waals surface area contributed by atoms with E-state index in [1.807, 2.05) is 13.8 Å². The number of esters is 2. The van der Waals surface area contributed by atoms with Crippen molar-refractivity contribution in [1.82, 2.24) is 4.98 Å². The van der Waals surface area contributed by atoms with E-state index >= 15 is 0 Å². The fourth-order valence-corrected chi connectivity index (χ4v) is 3.01. The average Bonchev–Trinajstić information content (AvgIpc) is 3.00. The Bertz CT molecular complexity index is 943. The highest BCUT2D eigenvalue weighted by atomic mass is 16.5. The minimum atomic E-state index is -0.672. The van der Waals surface area contributed by atoms with Crippen LogP contribution in [0.2, 0.25) is 0 Å². The molecule has 0 amide bonds. The lowest BCUT2D eigenvalue weighted by Crippen LogP contribution is -2.16. The van der Waals surface area contributed by atoms with E-state index in [4.69, 9.17) is 18.9 Å². The van der Waals surface area contributed by atoms with Crippen molar-refractivity contribution in [3.05, 3.63) is 46.3 Å². The second-order valence-corrected chi connectivity index (χ2v) is 6.88. The predicted octanol–water partition coefficient (Wildman–Crippen LogP) is 3.64. The number of aryl methyl sites for hydroxylation is 1. The summed E-state index contributed by atoms with van der Waals surface area (Å²) < 4.78 is 21.0. The van der Waals surface area contributed by atoms with Gasteiger partial charge in [0.2, 0.25) is 5.78 Å². The quantitative estimate of drug-likeness (QED) is 0.491. The number of carbonyl (C=O) groups is 3. The summed E-state index contributed by atoms with van der Waals surface area (Å²) in [7, 11) is 1.47. The Labute approximate surface area is 175 Å². The second kappa shape index (κ2) is 9.96. The van der Waals surface area contributed by atoms with Gasteiger partial charge in [-0.25, -0.2) is 9.59 Å². The summed E-state index contributed by atoms with van der Waals surface area (Å²) in [5.41, 5.74) is 1.72. The van der Waals surface area contributed by atoms with Gasteiger partial charge in [0.1, 0.15) is 5.69 Å². The van der Waals surface area contributed by atoms with Crippen LogP contribution in [0.15, 0.2) is 18.2 Å². The number of hydrogen-bond donors (Lipinski definition) is 1. The van der Waals surface area contributed by atoms with Crippen molar-refractivity contribution in [2.24, 2.45) is 0 Å². The predicted molar refractivity (Wildman–Crippen MR) is 110 cm³/mol. The van der Waals surface area contributed by atoms with Crippen LogP contribution in [-0.4, -0.2) is 49.1 Å². The molecular weight excluding hydrogens is 390 g/mol. The number of ketones is 1. The SMILES string of the molecule is CCOC(=O)c1[nH]c(C)c(C(=O)COC(=O)c2ccc(OC(C)C)c(OC)c2)c1C. The summed E-state index contributed by atoms with van der Waals surface area (Å²) in [6.07, 6.45) is -0.0540. The molecular formula is C22H27NO7. The zero-order valence-electron chi connectivity index (χ0n) is 18.1. The van der Waals surface area contributed by atoms with Crippen LogP contribution in [0, 0.1) is 13.8 Å². The Morgan fingerprint density at radius 3 is 2.33 bits per heavy atom. The second-order valence-electron chi connectivity index (χ2n) is 6.88. The van der Waals surface area contributed by atoms with Crippen molar-refractivity contribution < 1.29 is 33.3 Å². The molecule has 0 unspecified atom stereocenters. The highest BCUT2D eigenvalue weighted by Gasteiger charge is 2.24. The van der Waals surface area contributed by atoms with Crippen LogP contribution < -0.4 is 9.47 Å². The van der Waals surface area contributed by atoms with Crippen LogP contribution in [0.3, 0.4) is 0 Å². The molecule has 2 aromatic rings. The first-order valence-corrected chi connectivity index (χ1v) is 9.60. The molecule has 1 aromatic carbocycles. The fourth-order valence-electron chi connectivity index (χ4n) is 3.01. The van der Waals surface area contributed by atoms with Gasteiger partial charge in [-0.15, -0.1) is 0 Å². The molecule has 1 heterocycles. The van der Waals surface area contributed by atoms with E-state index < -0.39 is 24.3 Å². The Kier molecular flexibility index (Phi) is 7.63. The molecule has 0 radical (unpaired) electrons. The zero-order valence-corrected chi connectivity index (χ0v) is 18.1. The Morgan fingerprint density at radius 2 is 1.73 bits per heavy atom. The van der Waals surface area contributed by atoms with Gasteiger partial charge in [0, 0.05) is 11.3 Å². The molecule has 0 saturated heterocycles. The number of rotatable bonds is 9. The maximum atomic E-state index is 12.6. The molecule has 162 valence electrons. The summed E-state index contributed by atoms with van der Waals surface area (Å²) in [5.74, 6) is -0.734. The molecule has 0 atom stereocenters. The molecule has 8 heteroatoms. The summed E-state index contributed by atoms with van der Waals surface area (Å²) in [5, 5.41) is 0. The maximum Gasteiger partial charge on any atom is 0.355 e. The van der Waals surface area contributed by atoms with E-state index in [1.54, 1.807) is 32.9 Å². The smallest absolute Gasteiger partial charge is 0.355 e. The number of nitrogens with one attached hydrogen (secondary N) is 1. The molecule has 0 aliphatic rings. The van der Waals surface area contributed by atoms with Crippen LogP contribution >= 0.6 is 0 Å². The van der Waals surface area contributed by atoms with E-state index in [0.29, 0.717) is 28.3 Å². The first-order valence-electron chi connectivity index (χ1n) is 9.60. The van der Waals surface area contributed by atoms with Gasteiger partial charge in [-0.05, 0) is 58.4 Å². The largest absolute Gasteiger partial charge is 0.493 e. The topological polar surface area (TPSA) is 104 Å². The highest BCUT2D eigenvalue weighted by molar-refractivity contribution is 6.04. The molecule has 0 aliphatic heterocycles. The van der Waals surface area contributed by atoms with Crippen molar-refractivity contribution in [2.45, 2.75) is 40.7 Å². The number of aromatic amines is 1. The van der Waals surface area contributed by atoms with Crippen LogP contribution in [0.25, 0.3) is 0 Å². The summed E-state index contributed by atoms with van der Waals surface area (Å²) in [6, 6.07) is 4.65. The van der Waals surface area contributed by atoms with E-state index in [-0.39, 0.29) is 24.0 Å². The number of ether oxygens (including phenoxy) is 4. The number of benzene rings is 1. The third-order valence-corrected chi connectivity index (χ3v) is 4.29. The van der Waals surface area contributed by atoms with E-state index in [0.717, 1.165) is 0 Å². The number of H-pyrrole nitrogens is 1. The first kappa shape index (κ1) is 23.0. The third-order valence-electron chi connectivity index (χ3n) is 4.29. The van der Waals surface area contributed by atoms with Crippen molar-refractivity contribution >= 4 is 17.7 Å². The highest BCUT2D eigenvalue weighted by Crippen LogP contribution is 2.29. The molecule has 1 N–H and O–H groups in total. The van der Waals surface area contributed by atoms with Gasteiger partial charge in [0.15, 0.2) is 18.1 Å². The molecule has 30 heavy (non-hydrogen) atoms. The van der Waals surface area contributed by atoms with Crippen LogP contribution in [0.4, 0.5) is 0 Å². The molecule has 0 aliphatic carbocycles. The lowest BCUT2D eigenvalue weighted by Gasteiger charge is -2.14. The zero-order chi connectivity index (χ0) is 22.4. The number of Topliss-reactive ketones (excluding diaryl/α,β-unsaturated/α-hetero) is 1. The van der Waals surface area contributed by atoms with Crippen LogP contribution in [-0.2, 0) is 9.47 Å². The molecule has 0 fully saturated rings. The van der Waals surface area contributed by atoms with Crippen molar-refractivity contribution in [2.75, 3.05) is 20.3 Å². The first-order chi connectivity index (χ1) is 14.2. The van der Waals surface area contributed by atoms with E-state index in [2.05, 4.69) is 4.98 Å². The monoisotopic (exact) mass is 417 g/mol. The van der Waals surface area contributed by atoms with Crippen molar-refractivity contribution in [3.8, 4) is 11.5 Å². The lowest BCUT2D eigenvalue weighted by molar-refractivity contribution is 0.0472. The van der Waals surface area contributed by atoms with Gasteiger partial charge in [0.05, 0.1) is 25.4 Å². The molecule has 0 saturated carbocycles. The Morgan fingerprint density at radius 1 is 1.03 bits per heavy atom. The van der Waals surface area contributed by atoms with Gasteiger partial charge in [-0.3, -0.25) is 4.79 Å². The number of carbonyl (C=O) groups excluding carboxylic acids is 3. The number of aromatic nitrogens is 1. The molecule has 8 nitrogen and oxygen atoms in total. The van der Waals surface area contributed by atoms with Crippen molar-refractivity contribution in [1.29, 1.82) is 0 Å². The standard InChI is InChI=1S/C22H27NO7/c1-7-28-22(26)20-13(4)19(14(5)23-20)16(24)11-29-21(25)15-8-9-17(30-12(2)3)18(10-15)27-6/h8-10,12,23H,7,11H2,1-6H3. The Balaban J connectivity index is 2.11. The van der Waals surface area contributed by atoms with Crippen molar-refractivity contribution in [3.63, 3.8) is 0 Å². The van der Waals surface area contributed by atoms with Gasteiger partial charge in [-0.1, -0.05) is 0 Å². The van der Waals surface area contributed by atoms with Gasteiger partial charge in [-0.2, -0.15) is 0 Å². The van der Waals surface area contributed by atoms with Gasteiger partial charge in [0.25, 0.3) is 0 Å². The molecule has 0 spiro atoms. The minimum absolute atomic E-state index is 0.0540. The normalized spacial score (nSPS) is 10.6. The fraction of sp³-hybridized carbons (Fsp3) is 0.409. The Hall–Kier alpha value is -3.29. The minimum Gasteiger partial charge on any atom is -0.493 e. The number of hydrogen-bond acceptors (Lipinski definition) is 7. The molecule has 1 aromatic heterocycles. The summed E-state index contributed by atoms with van der Waals surface area (Å²) in [6.45, 7) is 8.53. The summed E-state index contributed by atoms with van der Waals surface area (Å²) in [4.78, 5) is 39.9. The number of methoxy groups -OCH3 is 1. The average molecular weight is 417 g/mol.